The van der Waals surface area contributed by atoms with Crippen molar-refractivity contribution in [3.05, 3.63) is 77.4 Å². The first-order valence-electron chi connectivity index (χ1n) is 7.73. The highest BCUT2D eigenvalue weighted by molar-refractivity contribution is 6.10. The van der Waals surface area contributed by atoms with E-state index in [1.54, 1.807) is 18.2 Å². The minimum absolute atomic E-state index is 0.0266. The van der Waals surface area contributed by atoms with Crippen LogP contribution in [0, 0.1) is 0 Å². The number of ketones is 1. The van der Waals surface area contributed by atoms with E-state index in [0.29, 0.717) is 11.1 Å². The zero-order valence-corrected chi connectivity index (χ0v) is 13.6. The van der Waals surface area contributed by atoms with Crippen LogP contribution in [0.25, 0.3) is 10.8 Å². The van der Waals surface area contributed by atoms with Crippen LogP contribution in [0.2, 0.25) is 0 Å². The van der Waals surface area contributed by atoms with E-state index in [4.69, 9.17) is 0 Å². The highest BCUT2D eigenvalue weighted by Crippen LogP contribution is 2.32. The number of hydrogen-bond donors (Lipinski definition) is 1. The van der Waals surface area contributed by atoms with E-state index in [1.807, 2.05) is 63.2 Å². The molecule has 0 unspecified atom stereocenters. The smallest absolute Gasteiger partial charge is 0.193 e. The van der Waals surface area contributed by atoms with E-state index >= 15 is 0 Å². The molecule has 2 nitrogen and oxygen atoms in total. The number of benzene rings is 3. The van der Waals surface area contributed by atoms with Crippen LogP contribution in [-0.2, 0) is 5.41 Å². The van der Waals surface area contributed by atoms with Crippen molar-refractivity contribution < 1.29 is 9.90 Å². The SMILES string of the molecule is CC(C)(C)c1cc(C(=O)c2ccc3ccccc3c2)ccc1O. The van der Waals surface area contributed by atoms with Gasteiger partial charge in [-0.15, -0.1) is 0 Å². The van der Waals surface area contributed by atoms with Crippen molar-refractivity contribution in [2.24, 2.45) is 0 Å². The molecule has 0 amide bonds. The van der Waals surface area contributed by atoms with Gasteiger partial charge in [-0.05, 0) is 46.0 Å². The molecule has 3 aromatic rings. The van der Waals surface area contributed by atoms with Gasteiger partial charge in [-0.1, -0.05) is 57.2 Å². The number of phenolic OH excluding ortho intramolecular Hbond substituents is 1. The second kappa shape index (κ2) is 5.54. The lowest BCUT2D eigenvalue weighted by molar-refractivity contribution is 0.103. The summed E-state index contributed by atoms with van der Waals surface area (Å²) in [6.45, 7) is 6.06. The van der Waals surface area contributed by atoms with Crippen molar-refractivity contribution in [3.63, 3.8) is 0 Å². The Hall–Kier alpha value is -2.61. The molecule has 3 rings (SSSR count). The zero-order valence-electron chi connectivity index (χ0n) is 13.6. The van der Waals surface area contributed by atoms with Gasteiger partial charge in [0.05, 0.1) is 0 Å². The van der Waals surface area contributed by atoms with Crippen LogP contribution in [0.5, 0.6) is 5.75 Å². The summed E-state index contributed by atoms with van der Waals surface area (Å²) in [5.41, 5.74) is 1.82. The number of rotatable bonds is 2. The zero-order chi connectivity index (χ0) is 16.6. The molecule has 0 fully saturated rings. The second-order valence-corrected chi connectivity index (χ2v) is 6.87. The lowest BCUT2D eigenvalue weighted by Crippen LogP contribution is -2.13. The van der Waals surface area contributed by atoms with Gasteiger partial charge in [0.1, 0.15) is 5.75 Å². The monoisotopic (exact) mass is 304 g/mol. The first-order chi connectivity index (χ1) is 10.9. The minimum atomic E-state index is -0.218. The third kappa shape index (κ3) is 2.98. The summed E-state index contributed by atoms with van der Waals surface area (Å²) in [6.07, 6.45) is 0. The normalized spacial score (nSPS) is 11.6. The van der Waals surface area contributed by atoms with Crippen LogP contribution < -0.4 is 0 Å². The number of fused-ring (bicyclic) bond motifs is 1. The lowest BCUT2D eigenvalue weighted by Gasteiger charge is -2.21. The molecular formula is C21H20O2. The second-order valence-electron chi connectivity index (χ2n) is 6.87. The molecule has 0 aliphatic carbocycles. The molecule has 0 atom stereocenters. The van der Waals surface area contributed by atoms with E-state index in [-0.39, 0.29) is 16.9 Å². The van der Waals surface area contributed by atoms with Crippen LogP contribution in [0.4, 0.5) is 0 Å². The summed E-state index contributed by atoms with van der Waals surface area (Å²) in [7, 11) is 0. The summed E-state index contributed by atoms with van der Waals surface area (Å²) >= 11 is 0. The molecule has 0 saturated heterocycles. The summed E-state index contributed by atoms with van der Waals surface area (Å²) in [4.78, 5) is 12.8. The Morgan fingerprint density at radius 3 is 2.13 bits per heavy atom. The van der Waals surface area contributed by atoms with Gasteiger partial charge in [-0.25, -0.2) is 0 Å². The Morgan fingerprint density at radius 1 is 0.826 bits per heavy atom. The van der Waals surface area contributed by atoms with Gasteiger partial charge < -0.3 is 5.11 Å². The predicted octanol–water partition coefficient (Wildman–Crippen LogP) is 5.07. The van der Waals surface area contributed by atoms with Gasteiger partial charge in [-0.2, -0.15) is 0 Å². The molecule has 0 radical (unpaired) electrons. The number of carbonyl (C=O) groups is 1. The van der Waals surface area contributed by atoms with Gasteiger partial charge in [0, 0.05) is 11.1 Å². The highest BCUT2D eigenvalue weighted by Gasteiger charge is 2.20. The van der Waals surface area contributed by atoms with Crippen LogP contribution in [-0.4, -0.2) is 10.9 Å². The number of aromatic hydroxyl groups is 1. The molecule has 0 aliphatic rings. The van der Waals surface area contributed by atoms with E-state index in [1.165, 1.54) is 0 Å². The van der Waals surface area contributed by atoms with Crippen LogP contribution in [0.1, 0.15) is 42.3 Å². The van der Waals surface area contributed by atoms with Crippen molar-refractivity contribution in [1.29, 1.82) is 0 Å². The van der Waals surface area contributed by atoms with Crippen LogP contribution in [0.3, 0.4) is 0 Å². The molecule has 2 heteroatoms. The number of phenols is 1. The minimum Gasteiger partial charge on any atom is -0.508 e. The molecule has 0 spiro atoms. The first kappa shape index (κ1) is 15.3. The highest BCUT2D eigenvalue weighted by atomic mass is 16.3. The first-order valence-corrected chi connectivity index (χ1v) is 7.73. The number of carbonyl (C=O) groups excluding carboxylic acids is 1. The number of hydrogen-bond acceptors (Lipinski definition) is 2. The van der Waals surface area contributed by atoms with E-state index in [2.05, 4.69) is 0 Å². The van der Waals surface area contributed by atoms with E-state index < -0.39 is 0 Å². The molecule has 0 bridgehead atoms. The fourth-order valence-electron chi connectivity index (χ4n) is 2.78. The third-order valence-electron chi connectivity index (χ3n) is 4.08. The van der Waals surface area contributed by atoms with Crippen molar-refractivity contribution in [3.8, 4) is 5.75 Å². The third-order valence-corrected chi connectivity index (χ3v) is 4.08. The largest absolute Gasteiger partial charge is 0.508 e. The molecular weight excluding hydrogens is 284 g/mol. The van der Waals surface area contributed by atoms with Gasteiger partial charge >= 0.3 is 0 Å². The quantitative estimate of drug-likeness (QED) is 0.671. The van der Waals surface area contributed by atoms with Gasteiger partial charge in [0.2, 0.25) is 0 Å². The maximum atomic E-state index is 12.8. The predicted molar refractivity (Wildman–Crippen MR) is 94.2 cm³/mol. The molecule has 0 saturated carbocycles. The summed E-state index contributed by atoms with van der Waals surface area (Å²) in [5, 5.41) is 12.2. The molecule has 116 valence electrons. The molecule has 23 heavy (non-hydrogen) atoms. The Morgan fingerprint density at radius 2 is 1.43 bits per heavy atom. The van der Waals surface area contributed by atoms with Crippen molar-refractivity contribution in [2.75, 3.05) is 0 Å². The summed E-state index contributed by atoms with van der Waals surface area (Å²) in [5.74, 6) is 0.203. The average Bonchev–Trinajstić information content (AvgIpc) is 2.53. The summed E-state index contributed by atoms with van der Waals surface area (Å²) in [6, 6.07) is 18.8. The molecule has 0 heterocycles. The maximum Gasteiger partial charge on any atom is 0.193 e. The fourth-order valence-corrected chi connectivity index (χ4v) is 2.78. The Bertz CT molecular complexity index is 886. The Balaban J connectivity index is 2.05. The van der Waals surface area contributed by atoms with E-state index in [0.717, 1.165) is 16.3 Å². The fraction of sp³-hybridized carbons (Fsp3) is 0.190. The Labute approximate surface area is 136 Å². The van der Waals surface area contributed by atoms with Crippen LogP contribution in [0.15, 0.2) is 60.7 Å². The maximum absolute atomic E-state index is 12.8. The van der Waals surface area contributed by atoms with Gasteiger partial charge in [-0.3, -0.25) is 4.79 Å². The molecule has 0 aliphatic heterocycles. The summed E-state index contributed by atoms with van der Waals surface area (Å²) < 4.78 is 0. The Kier molecular flexibility index (Phi) is 3.69. The van der Waals surface area contributed by atoms with Crippen molar-refractivity contribution in [2.45, 2.75) is 26.2 Å². The van der Waals surface area contributed by atoms with Crippen molar-refractivity contribution in [1.82, 2.24) is 0 Å². The standard InChI is InChI=1S/C21H20O2/c1-21(2,3)18-13-17(10-11-19(18)22)20(23)16-9-8-14-6-4-5-7-15(14)12-16/h4-13,22H,1-3H3. The lowest BCUT2D eigenvalue weighted by atomic mass is 9.84. The van der Waals surface area contributed by atoms with Crippen LogP contribution >= 0.6 is 0 Å². The van der Waals surface area contributed by atoms with Gasteiger partial charge in [0.25, 0.3) is 0 Å². The van der Waals surface area contributed by atoms with E-state index in [9.17, 15) is 9.90 Å². The van der Waals surface area contributed by atoms with Crippen molar-refractivity contribution >= 4 is 16.6 Å². The molecule has 3 aromatic carbocycles. The average molecular weight is 304 g/mol. The molecule has 0 aromatic heterocycles. The topological polar surface area (TPSA) is 37.3 Å². The molecule has 1 N–H and O–H groups in total. The van der Waals surface area contributed by atoms with Gasteiger partial charge in [0.15, 0.2) is 5.78 Å².